The van der Waals surface area contributed by atoms with Crippen LogP contribution in [0.3, 0.4) is 0 Å². The van der Waals surface area contributed by atoms with Gasteiger partial charge in [-0.25, -0.2) is 4.98 Å². The summed E-state index contributed by atoms with van der Waals surface area (Å²) in [5, 5.41) is 0.612. The van der Waals surface area contributed by atoms with Crippen molar-refractivity contribution in [1.29, 1.82) is 0 Å². The highest BCUT2D eigenvalue weighted by Gasteiger charge is 2.50. The minimum atomic E-state index is -0.800. The molecular weight excluding hydrogens is 332 g/mol. The molecule has 0 aliphatic carbocycles. The fraction of sp³-hybridized carbons (Fsp3) is 0.250. The number of nitrogens with one attached hydrogen (secondary N) is 1. The van der Waals surface area contributed by atoms with Crippen LogP contribution < -0.4 is 11.3 Å². The van der Waals surface area contributed by atoms with Crippen LogP contribution in [-0.4, -0.2) is 39.8 Å². The molecule has 124 valence electrons. The summed E-state index contributed by atoms with van der Waals surface area (Å²) >= 11 is 5.86. The molecule has 3 N–H and O–H groups in total. The Balaban J connectivity index is 1.73. The standard InChI is InChI=1S/C16H15ClN4O3/c17-11-3-1-10(2-4-11)5-16(15(18)24)8-21(9-16)14(23)12-6-20-13(22)7-19-12/h1-4,6-7H,5,8-9H2,(H2,18,24)(H,20,22). The summed E-state index contributed by atoms with van der Waals surface area (Å²) < 4.78 is 0. The van der Waals surface area contributed by atoms with Gasteiger partial charge in [0.2, 0.25) is 5.91 Å². The van der Waals surface area contributed by atoms with Gasteiger partial charge in [0.05, 0.1) is 11.6 Å². The zero-order valence-electron chi connectivity index (χ0n) is 12.7. The SMILES string of the molecule is NC(=O)C1(Cc2ccc(Cl)cc2)CN(C(=O)c2c[nH]c(=O)cn2)C1. The Labute approximate surface area is 142 Å². The van der Waals surface area contributed by atoms with Crippen LogP contribution in [0.25, 0.3) is 0 Å². The third-order valence-electron chi connectivity index (χ3n) is 4.14. The van der Waals surface area contributed by atoms with Crippen LogP contribution in [-0.2, 0) is 11.2 Å². The van der Waals surface area contributed by atoms with Crippen LogP contribution in [0.1, 0.15) is 16.1 Å². The van der Waals surface area contributed by atoms with Gasteiger partial charge in [-0.1, -0.05) is 23.7 Å². The van der Waals surface area contributed by atoms with E-state index in [-0.39, 0.29) is 30.2 Å². The van der Waals surface area contributed by atoms with E-state index in [1.165, 1.54) is 11.1 Å². The molecule has 1 aromatic carbocycles. The summed E-state index contributed by atoms with van der Waals surface area (Å²) in [5.41, 5.74) is 5.43. The molecule has 0 saturated carbocycles. The van der Waals surface area contributed by atoms with Crippen molar-refractivity contribution in [3.63, 3.8) is 0 Å². The van der Waals surface area contributed by atoms with Crippen molar-refractivity contribution in [2.75, 3.05) is 13.1 Å². The number of H-pyrrole nitrogens is 1. The molecule has 2 heterocycles. The van der Waals surface area contributed by atoms with Crippen molar-refractivity contribution in [1.82, 2.24) is 14.9 Å². The first kappa shape index (κ1) is 16.2. The summed E-state index contributed by atoms with van der Waals surface area (Å²) in [6, 6.07) is 7.16. The Morgan fingerprint density at radius 1 is 1.29 bits per heavy atom. The highest BCUT2D eigenvalue weighted by atomic mass is 35.5. The molecule has 1 saturated heterocycles. The molecule has 24 heavy (non-hydrogen) atoms. The van der Waals surface area contributed by atoms with Crippen molar-refractivity contribution in [3.05, 3.63) is 63.3 Å². The second kappa shape index (κ2) is 6.09. The van der Waals surface area contributed by atoms with E-state index in [1.54, 1.807) is 12.1 Å². The maximum atomic E-state index is 12.3. The number of aromatic amines is 1. The van der Waals surface area contributed by atoms with Crippen molar-refractivity contribution in [3.8, 4) is 0 Å². The fourth-order valence-corrected chi connectivity index (χ4v) is 2.92. The van der Waals surface area contributed by atoms with E-state index in [0.717, 1.165) is 11.8 Å². The molecule has 7 nitrogen and oxygen atoms in total. The van der Waals surface area contributed by atoms with Gasteiger partial charge in [0.1, 0.15) is 5.69 Å². The zero-order valence-corrected chi connectivity index (χ0v) is 13.4. The molecule has 0 radical (unpaired) electrons. The molecule has 0 atom stereocenters. The van der Waals surface area contributed by atoms with Crippen LogP contribution in [0.4, 0.5) is 0 Å². The van der Waals surface area contributed by atoms with Gasteiger partial charge in [-0.2, -0.15) is 0 Å². The Bertz CT molecular complexity index is 821. The van der Waals surface area contributed by atoms with Crippen molar-refractivity contribution in [2.24, 2.45) is 11.1 Å². The number of likely N-dealkylation sites (tertiary alicyclic amines) is 1. The van der Waals surface area contributed by atoms with Gasteiger partial charge in [0.25, 0.3) is 11.5 Å². The number of hydrogen-bond donors (Lipinski definition) is 2. The van der Waals surface area contributed by atoms with Gasteiger partial charge in [-0.3, -0.25) is 14.4 Å². The van der Waals surface area contributed by atoms with Gasteiger partial charge in [-0.05, 0) is 24.1 Å². The van der Waals surface area contributed by atoms with Crippen LogP contribution in [0, 0.1) is 5.41 Å². The molecule has 1 aliphatic heterocycles. The maximum Gasteiger partial charge on any atom is 0.274 e. The number of nitrogens with zero attached hydrogens (tertiary/aromatic N) is 2. The highest BCUT2D eigenvalue weighted by molar-refractivity contribution is 6.30. The highest BCUT2D eigenvalue weighted by Crippen LogP contribution is 2.35. The van der Waals surface area contributed by atoms with Gasteiger partial charge in [0.15, 0.2) is 0 Å². The summed E-state index contributed by atoms with van der Waals surface area (Å²) in [7, 11) is 0. The predicted octanol–water partition coefficient (Wildman–Crippen LogP) is 0.593. The van der Waals surface area contributed by atoms with E-state index in [4.69, 9.17) is 17.3 Å². The fourth-order valence-electron chi connectivity index (χ4n) is 2.80. The first-order valence-electron chi connectivity index (χ1n) is 7.28. The quantitative estimate of drug-likeness (QED) is 0.844. The average Bonchev–Trinajstić information content (AvgIpc) is 2.52. The summed E-state index contributed by atoms with van der Waals surface area (Å²) in [6.07, 6.45) is 2.73. The average molecular weight is 347 g/mol. The molecule has 2 amide bonds. The lowest BCUT2D eigenvalue weighted by Gasteiger charge is -2.48. The monoisotopic (exact) mass is 346 g/mol. The zero-order chi connectivity index (χ0) is 17.3. The van der Waals surface area contributed by atoms with Crippen molar-refractivity contribution >= 4 is 23.4 Å². The van der Waals surface area contributed by atoms with Crippen molar-refractivity contribution in [2.45, 2.75) is 6.42 Å². The molecule has 0 spiro atoms. The summed E-state index contributed by atoms with van der Waals surface area (Å²) in [5.74, 6) is -0.796. The van der Waals surface area contributed by atoms with Gasteiger partial charge in [0, 0.05) is 24.3 Å². The smallest absolute Gasteiger partial charge is 0.274 e. The number of benzene rings is 1. The second-order valence-electron chi connectivity index (χ2n) is 5.91. The number of hydrogen-bond acceptors (Lipinski definition) is 4. The molecule has 1 aliphatic rings. The number of amides is 2. The second-order valence-corrected chi connectivity index (χ2v) is 6.34. The summed E-state index contributed by atoms with van der Waals surface area (Å²) in [4.78, 5) is 42.9. The number of carbonyl (C=O) groups excluding carboxylic acids is 2. The minimum Gasteiger partial charge on any atom is -0.369 e. The minimum absolute atomic E-state index is 0.124. The topological polar surface area (TPSA) is 109 Å². The molecule has 8 heteroatoms. The van der Waals surface area contributed by atoms with E-state index in [0.29, 0.717) is 11.4 Å². The lowest BCUT2D eigenvalue weighted by molar-refractivity contribution is -0.135. The molecule has 0 unspecified atom stereocenters. The Hall–Kier alpha value is -2.67. The Morgan fingerprint density at radius 2 is 1.96 bits per heavy atom. The van der Waals surface area contributed by atoms with Gasteiger partial charge in [-0.15, -0.1) is 0 Å². The van der Waals surface area contributed by atoms with E-state index in [2.05, 4.69) is 9.97 Å². The number of nitrogens with two attached hydrogens (primary N) is 1. The van der Waals surface area contributed by atoms with Crippen LogP contribution in [0.2, 0.25) is 5.02 Å². The maximum absolute atomic E-state index is 12.3. The lowest BCUT2D eigenvalue weighted by Crippen LogP contribution is -2.65. The normalized spacial score (nSPS) is 15.6. The third-order valence-corrected chi connectivity index (χ3v) is 4.40. The van der Waals surface area contributed by atoms with E-state index < -0.39 is 11.3 Å². The van der Waals surface area contributed by atoms with E-state index in [1.807, 2.05) is 12.1 Å². The number of primary amides is 1. The Morgan fingerprint density at radius 3 is 2.50 bits per heavy atom. The van der Waals surface area contributed by atoms with Crippen LogP contribution >= 0.6 is 11.6 Å². The summed E-state index contributed by atoms with van der Waals surface area (Å²) in [6.45, 7) is 0.426. The molecule has 1 fully saturated rings. The molecule has 1 aromatic heterocycles. The molecule has 3 rings (SSSR count). The third kappa shape index (κ3) is 3.03. The predicted molar refractivity (Wildman–Crippen MR) is 87.5 cm³/mol. The number of rotatable bonds is 4. The largest absolute Gasteiger partial charge is 0.369 e. The lowest BCUT2D eigenvalue weighted by atomic mass is 9.74. The van der Waals surface area contributed by atoms with E-state index in [9.17, 15) is 14.4 Å². The first-order chi connectivity index (χ1) is 11.4. The van der Waals surface area contributed by atoms with Crippen LogP contribution in [0.15, 0.2) is 41.5 Å². The van der Waals surface area contributed by atoms with Gasteiger partial charge < -0.3 is 15.6 Å². The van der Waals surface area contributed by atoms with Crippen molar-refractivity contribution < 1.29 is 9.59 Å². The first-order valence-corrected chi connectivity index (χ1v) is 7.66. The molecule has 0 bridgehead atoms. The number of carbonyl (C=O) groups is 2. The number of aromatic nitrogens is 2. The van der Waals surface area contributed by atoms with Gasteiger partial charge >= 0.3 is 0 Å². The molecular formula is C16H15ClN4O3. The van der Waals surface area contributed by atoms with E-state index >= 15 is 0 Å². The number of halogens is 1. The Kier molecular flexibility index (Phi) is 4.11. The molecule has 2 aromatic rings. The van der Waals surface area contributed by atoms with Crippen LogP contribution in [0.5, 0.6) is 0 Å².